The van der Waals surface area contributed by atoms with Gasteiger partial charge in [-0.25, -0.2) is 0 Å². The van der Waals surface area contributed by atoms with Crippen LogP contribution in [-0.2, 0) is 6.61 Å². The Hall–Kier alpha value is -3.67. The third-order valence-electron chi connectivity index (χ3n) is 3.91. The topological polar surface area (TPSA) is 78.4 Å². The Morgan fingerprint density at radius 2 is 1.96 bits per heavy atom. The standard InChI is InChI=1S/C21H16N2O4/c1-14-22-21(23-27-14)13-25-17-9-6-15(7-10-17)8-11-18(24)20-12-16-4-2-3-5-19(16)26-20/h2-12H,13H2,1H3/b11-8+. The lowest BCUT2D eigenvalue weighted by Gasteiger charge is -2.03. The highest BCUT2D eigenvalue weighted by Gasteiger charge is 2.09. The third-order valence-corrected chi connectivity index (χ3v) is 3.91. The van der Waals surface area contributed by atoms with Crippen molar-refractivity contribution in [3.05, 3.63) is 83.7 Å². The molecule has 27 heavy (non-hydrogen) atoms. The van der Waals surface area contributed by atoms with E-state index in [1.807, 2.05) is 48.5 Å². The number of rotatable bonds is 6. The van der Waals surface area contributed by atoms with Gasteiger partial charge in [-0.15, -0.1) is 0 Å². The number of ether oxygens (including phenoxy) is 1. The first-order chi connectivity index (χ1) is 13.2. The van der Waals surface area contributed by atoms with Crippen molar-refractivity contribution in [1.29, 1.82) is 0 Å². The van der Waals surface area contributed by atoms with Gasteiger partial charge >= 0.3 is 0 Å². The predicted molar refractivity (Wildman–Crippen MR) is 99.4 cm³/mol. The van der Waals surface area contributed by atoms with Crippen LogP contribution in [0.5, 0.6) is 5.75 Å². The van der Waals surface area contributed by atoms with Gasteiger partial charge in [0.25, 0.3) is 0 Å². The number of ketones is 1. The normalized spacial score (nSPS) is 11.3. The van der Waals surface area contributed by atoms with Crippen molar-refractivity contribution in [3.63, 3.8) is 0 Å². The minimum absolute atomic E-state index is 0.181. The van der Waals surface area contributed by atoms with Gasteiger partial charge in [0.15, 0.2) is 12.4 Å². The number of allylic oxidation sites excluding steroid dienone is 1. The average Bonchev–Trinajstić information content (AvgIpc) is 3.31. The highest BCUT2D eigenvalue weighted by atomic mass is 16.5. The maximum absolute atomic E-state index is 12.3. The van der Waals surface area contributed by atoms with E-state index in [0.717, 1.165) is 10.9 Å². The number of furan rings is 1. The molecule has 2 aromatic carbocycles. The molecule has 2 aromatic heterocycles. The van der Waals surface area contributed by atoms with Crippen molar-refractivity contribution in [2.45, 2.75) is 13.5 Å². The van der Waals surface area contributed by atoms with E-state index in [-0.39, 0.29) is 12.4 Å². The van der Waals surface area contributed by atoms with E-state index >= 15 is 0 Å². The third kappa shape index (κ3) is 3.95. The summed E-state index contributed by atoms with van der Waals surface area (Å²) < 4.78 is 16.1. The second kappa shape index (κ2) is 7.29. The fourth-order valence-corrected chi connectivity index (χ4v) is 2.58. The summed E-state index contributed by atoms with van der Waals surface area (Å²) in [4.78, 5) is 16.4. The van der Waals surface area contributed by atoms with E-state index in [9.17, 15) is 4.79 Å². The molecule has 0 atom stereocenters. The molecule has 6 nitrogen and oxygen atoms in total. The van der Waals surface area contributed by atoms with Gasteiger partial charge in [-0.05, 0) is 35.9 Å². The van der Waals surface area contributed by atoms with E-state index in [0.29, 0.717) is 28.8 Å². The Bertz CT molecular complexity index is 1070. The van der Waals surface area contributed by atoms with Crippen molar-refractivity contribution < 1.29 is 18.5 Å². The molecule has 4 rings (SSSR count). The number of hydrogen-bond acceptors (Lipinski definition) is 6. The predicted octanol–water partition coefficient (Wildman–Crippen LogP) is 4.60. The van der Waals surface area contributed by atoms with Gasteiger partial charge in [0, 0.05) is 12.3 Å². The zero-order chi connectivity index (χ0) is 18.6. The molecular weight excluding hydrogens is 344 g/mol. The molecule has 0 unspecified atom stereocenters. The summed E-state index contributed by atoms with van der Waals surface area (Å²) in [5, 5.41) is 4.68. The summed E-state index contributed by atoms with van der Waals surface area (Å²) in [7, 11) is 0. The van der Waals surface area contributed by atoms with E-state index in [1.54, 1.807) is 19.1 Å². The lowest BCUT2D eigenvalue weighted by molar-refractivity contribution is 0.102. The smallest absolute Gasteiger partial charge is 0.223 e. The van der Waals surface area contributed by atoms with Crippen LogP contribution in [0, 0.1) is 6.92 Å². The van der Waals surface area contributed by atoms with Gasteiger partial charge in [0.2, 0.25) is 17.5 Å². The van der Waals surface area contributed by atoms with Crippen LogP contribution in [0.2, 0.25) is 0 Å². The molecule has 0 saturated heterocycles. The largest absolute Gasteiger partial charge is 0.485 e. The van der Waals surface area contributed by atoms with E-state index < -0.39 is 0 Å². The molecule has 0 spiro atoms. The number of nitrogens with zero attached hydrogens (tertiary/aromatic N) is 2. The number of para-hydroxylation sites is 1. The lowest BCUT2D eigenvalue weighted by Crippen LogP contribution is -1.97. The van der Waals surface area contributed by atoms with E-state index in [2.05, 4.69) is 10.1 Å². The van der Waals surface area contributed by atoms with Crippen LogP contribution < -0.4 is 4.74 Å². The molecule has 0 N–H and O–H groups in total. The molecule has 0 aliphatic carbocycles. The van der Waals surface area contributed by atoms with Crippen LogP contribution in [0.15, 0.2) is 69.6 Å². The first kappa shape index (κ1) is 16.8. The van der Waals surface area contributed by atoms with Crippen LogP contribution in [0.3, 0.4) is 0 Å². The number of aromatic nitrogens is 2. The monoisotopic (exact) mass is 360 g/mol. The lowest BCUT2D eigenvalue weighted by atomic mass is 10.1. The highest BCUT2D eigenvalue weighted by Crippen LogP contribution is 2.20. The fourth-order valence-electron chi connectivity index (χ4n) is 2.58. The Morgan fingerprint density at radius 1 is 1.15 bits per heavy atom. The molecule has 2 heterocycles. The number of benzene rings is 2. The summed E-state index contributed by atoms with van der Waals surface area (Å²) in [5.41, 5.74) is 1.58. The maximum atomic E-state index is 12.3. The zero-order valence-corrected chi connectivity index (χ0v) is 14.6. The highest BCUT2D eigenvalue weighted by molar-refractivity contribution is 6.06. The molecule has 0 aliphatic rings. The Labute approximate surface area is 155 Å². The maximum Gasteiger partial charge on any atom is 0.223 e. The van der Waals surface area contributed by atoms with Gasteiger partial charge in [0.05, 0.1) is 0 Å². The summed E-state index contributed by atoms with van der Waals surface area (Å²) in [6, 6.07) is 16.6. The van der Waals surface area contributed by atoms with Crippen LogP contribution in [0.1, 0.15) is 27.8 Å². The molecule has 4 aromatic rings. The van der Waals surface area contributed by atoms with Gasteiger partial charge in [-0.2, -0.15) is 4.98 Å². The van der Waals surface area contributed by atoms with Gasteiger partial charge in [-0.1, -0.05) is 41.6 Å². The summed E-state index contributed by atoms with van der Waals surface area (Å²) in [5.74, 6) is 1.82. The van der Waals surface area contributed by atoms with Gasteiger partial charge < -0.3 is 13.7 Å². The molecule has 0 bridgehead atoms. The van der Waals surface area contributed by atoms with Crippen molar-refractivity contribution in [3.8, 4) is 5.75 Å². The Morgan fingerprint density at radius 3 is 2.70 bits per heavy atom. The second-order valence-electron chi connectivity index (χ2n) is 5.93. The minimum Gasteiger partial charge on any atom is -0.485 e. The first-order valence-electron chi connectivity index (χ1n) is 8.40. The molecule has 6 heteroatoms. The summed E-state index contributed by atoms with van der Waals surface area (Å²) in [6.45, 7) is 1.96. The van der Waals surface area contributed by atoms with Crippen molar-refractivity contribution >= 4 is 22.8 Å². The van der Waals surface area contributed by atoms with E-state index in [4.69, 9.17) is 13.7 Å². The minimum atomic E-state index is -0.181. The summed E-state index contributed by atoms with van der Waals surface area (Å²) in [6.07, 6.45) is 3.23. The van der Waals surface area contributed by atoms with Crippen molar-refractivity contribution in [2.24, 2.45) is 0 Å². The zero-order valence-electron chi connectivity index (χ0n) is 14.6. The molecule has 0 aliphatic heterocycles. The van der Waals surface area contributed by atoms with Crippen LogP contribution >= 0.6 is 0 Å². The quantitative estimate of drug-likeness (QED) is 0.369. The summed E-state index contributed by atoms with van der Waals surface area (Å²) >= 11 is 0. The van der Waals surface area contributed by atoms with Gasteiger partial charge in [-0.3, -0.25) is 4.79 Å². The molecular formula is C21H16N2O4. The number of fused-ring (bicyclic) bond motifs is 1. The molecule has 0 fully saturated rings. The van der Waals surface area contributed by atoms with Gasteiger partial charge in [0.1, 0.15) is 11.3 Å². The van der Waals surface area contributed by atoms with E-state index in [1.165, 1.54) is 6.08 Å². The molecule has 0 saturated carbocycles. The van der Waals surface area contributed by atoms with Crippen LogP contribution in [0.4, 0.5) is 0 Å². The number of carbonyl (C=O) groups is 1. The molecule has 0 radical (unpaired) electrons. The first-order valence-corrected chi connectivity index (χ1v) is 8.40. The average molecular weight is 360 g/mol. The van der Waals surface area contributed by atoms with Crippen molar-refractivity contribution in [2.75, 3.05) is 0 Å². The Kier molecular flexibility index (Phi) is 4.53. The number of carbonyl (C=O) groups excluding carboxylic acids is 1. The number of aryl methyl sites for hydroxylation is 1. The van der Waals surface area contributed by atoms with Crippen molar-refractivity contribution in [1.82, 2.24) is 10.1 Å². The molecule has 0 amide bonds. The number of hydrogen-bond donors (Lipinski definition) is 0. The molecule has 134 valence electrons. The fraction of sp³-hybridized carbons (Fsp3) is 0.0952. The SMILES string of the molecule is Cc1nc(COc2ccc(/C=C/C(=O)c3cc4ccccc4o3)cc2)no1. The van der Waals surface area contributed by atoms with Crippen LogP contribution in [0.25, 0.3) is 17.0 Å². The van der Waals surface area contributed by atoms with Crippen LogP contribution in [-0.4, -0.2) is 15.9 Å². The Balaban J connectivity index is 1.39. The second-order valence-corrected chi connectivity index (χ2v) is 5.93.